The van der Waals surface area contributed by atoms with Gasteiger partial charge in [0.25, 0.3) is 0 Å². The number of rotatable bonds is 47. The van der Waals surface area contributed by atoms with Gasteiger partial charge in [0.1, 0.15) is 13.2 Å². The van der Waals surface area contributed by atoms with Crippen molar-refractivity contribution in [3.05, 3.63) is 122 Å². The largest absolute Gasteiger partial charge is 0.462 e. The van der Waals surface area contributed by atoms with Crippen molar-refractivity contribution in [2.24, 2.45) is 0 Å². The molecule has 0 aliphatic carbocycles. The van der Waals surface area contributed by atoms with E-state index in [4.69, 9.17) is 14.2 Å². The molecule has 0 rings (SSSR count). The molecule has 0 aliphatic rings. The van der Waals surface area contributed by atoms with Gasteiger partial charge in [0.05, 0.1) is 0 Å². The standard InChI is InChI=1S/C61H98O6/c1-4-7-10-13-16-19-22-25-27-29-30-32-33-36-39-42-45-48-51-54-60(63)66-57-58(56-65-59(62)53-50-47-44-41-38-35-24-21-18-15-12-9-6-3)67-61(64)55-52-49-46-43-40-37-34-31-28-26-23-20-17-14-11-8-5-2/h9,12,15,17-18,20-21,24,26,28-30,34-35,37-38,41,43-44,46,58H,4-8,10-11,13-14,16,19,22-23,25,27,31-33,36,39-40,42,45,47-57H2,1-3H3/b12-9+,18-15+,20-17+,24-21+,28-26+,30-29+,37-34+,38-35+,44-41+,46-43+. The van der Waals surface area contributed by atoms with Crippen molar-refractivity contribution in [2.45, 2.75) is 232 Å². The van der Waals surface area contributed by atoms with E-state index in [2.05, 4.69) is 87.6 Å². The van der Waals surface area contributed by atoms with Gasteiger partial charge in [0, 0.05) is 19.3 Å². The zero-order chi connectivity index (χ0) is 48.6. The second-order valence-electron chi connectivity index (χ2n) is 17.5. The van der Waals surface area contributed by atoms with Crippen LogP contribution in [0.1, 0.15) is 226 Å². The summed E-state index contributed by atoms with van der Waals surface area (Å²) in [5.41, 5.74) is 0. The Kier molecular flexibility index (Phi) is 51.0. The minimum atomic E-state index is -0.840. The maximum absolute atomic E-state index is 12.8. The minimum absolute atomic E-state index is 0.128. The van der Waals surface area contributed by atoms with Gasteiger partial charge in [-0.05, 0) is 96.3 Å². The van der Waals surface area contributed by atoms with Crippen LogP contribution in [0, 0.1) is 0 Å². The normalized spacial score (nSPS) is 13.1. The molecule has 1 atom stereocenters. The van der Waals surface area contributed by atoms with Gasteiger partial charge < -0.3 is 14.2 Å². The van der Waals surface area contributed by atoms with Gasteiger partial charge in [-0.15, -0.1) is 0 Å². The Morgan fingerprint density at radius 1 is 0.328 bits per heavy atom. The number of ether oxygens (including phenoxy) is 3. The maximum Gasteiger partial charge on any atom is 0.306 e. The van der Waals surface area contributed by atoms with Gasteiger partial charge in [-0.3, -0.25) is 14.4 Å². The molecule has 0 heterocycles. The van der Waals surface area contributed by atoms with E-state index in [0.29, 0.717) is 19.3 Å². The summed E-state index contributed by atoms with van der Waals surface area (Å²) >= 11 is 0. The van der Waals surface area contributed by atoms with Crippen LogP contribution >= 0.6 is 0 Å². The highest BCUT2D eigenvalue weighted by Gasteiger charge is 2.19. The SMILES string of the molecule is CC/C=C/C=C/C=C/C=C/C=C/CCCC(=O)OCC(COC(=O)CCCCCCCCC/C=C/CCCCCCCCCC)OC(=O)CCC/C=C/C/C=C/C/C=C/C/C=C/CCCCC. The van der Waals surface area contributed by atoms with Crippen LogP contribution in [0.5, 0.6) is 0 Å². The molecule has 6 heteroatoms. The summed E-state index contributed by atoms with van der Waals surface area (Å²) in [5.74, 6) is -1.07. The molecule has 6 nitrogen and oxygen atoms in total. The van der Waals surface area contributed by atoms with Crippen LogP contribution in [0.4, 0.5) is 0 Å². The lowest BCUT2D eigenvalue weighted by Crippen LogP contribution is -2.30. The molecule has 0 aromatic heterocycles. The number of unbranched alkanes of at least 4 members (excludes halogenated alkanes) is 20. The first kappa shape index (κ1) is 62.8. The third-order valence-electron chi connectivity index (χ3n) is 11.0. The van der Waals surface area contributed by atoms with Gasteiger partial charge in [0.2, 0.25) is 0 Å². The average Bonchev–Trinajstić information content (AvgIpc) is 3.33. The monoisotopic (exact) mass is 927 g/mol. The topological polar surface area (TPSA) is 78.9 Å². The van der Waals surface area contributed by atoms with Crippen molar-refractivity contribution in [1.82, 2.24) is 0 Å². The predicted molar refractivity (Wildman–Crippen MR) is 288 cm³/mol. The molecule has 0 amide bonds. The van der Waals surface area contributed by atoms with Crippen molar-refractivity contribution >= 4 is 17.9 Å². The zero-order valence-corrected chi connectivity index (χ0v) is 43.1. The van der Waals surface area contributed by atoms with Crippen LogP contribution in [-0.4, -0.2) is 37.2 Å². The van der Waals surface area contributed by atoms with E-state index in [1.165, 1.54) is 116 Å². The number of hydrogen-bond acceptors (Lipinski definition) is 6. The van der Waals surface area contributed by atoms with E-state index in [1.807, 2.05) is 54.7 Å². The number of carbonyl (C=O) groups is 3. The lowest BCUT2D eigenvalue weighted by molar-refractivity contribution is -0.167. The van der Waals surface area contributed by atoms with Crippen LogP contribution in [0.3, 0.4) is 0 Å². The zero-order valence-electron chi connectivity index (χ0n) is 43.1. The molecular weight excluding hydrogens is 829 g/mol. The second-order valence-corrected chi connectivity index (χ2v) is 17.5. The molecule has 0 spiro atoms. The Morgan fingerprint density at radius 3 is 1.15 bits per heavy atom. The summed E-state index contributed by atoms with van der Waals surface area (Å²) in [6.45, 7) is 6.34. The number of carbonyl (C=O) groups excluding carboxylic acids is 3. The highest BCUT2D eigenvalue weighted by molar-refractivity contribution is 5.71. The van der Waals surface area contributed by atoms with Gasteiger partial charge in [-0.1, -0.05) is 232 Å². The Morgan fingerprint density at radius 2 is 0.657 bits per heavy atom. The number of hydrogen-bond donors (Lipinski definition) is 0. The van der Waals surface area contributed by atoms with Crippen LogP contribution in [0.15, 0.2) is 122 Å². The van der Waals surface area contributed by atoms with Crippen LogP contribution < -0.4 is 0 Å². The van der Waals surface area contributed by atoms with E-state index < -0.39 is 6.10 Å². The Labute approximate surface area is 412 Å². The first-order valence-corrected chi connectivity index (χ1v) is 27.1. The fourth-order valence-corrected chi connectivity index (χ4v) is 6.99. The van der Waals surface area contributed by atoms with Crippen molar-refractivity contribution in [3.63, 3.8) is 0 Å². The Hall–Kier alpha value is -4.19. The van der Waals surface area contributed by atoms with Crippen molar-refractivity contribution in [3.8, 4) is 0 Å². The predicted octanol–water partition coefficient (Wildman–Crippen LogP) is 18.1. The Bertz CT molecular complexity index is 1440. The first-order chi connectivity index (χ1) is 33.0. The first-order valence-electron chi connectivity index (χ1n) is 27.1. The van der Waals surface area contributed by atoms with E-state index in [9.17, 15) is 14.4 Å². The van der Waals surface area contributed by atoms with Crippen molar-refractivity contribution < 1.29 is 28.6 Å². The number of esters is 3. The van der Waals surface area contributed by atoms with Crippen LogP contribution in [-0.2, 0) is 28.6 Å². The quantitative estimate of drug-likeness (QED) is 0.0199. The van der Waals surface area contributed by atoms with Crippen molar-refractivity contribution in [1.29, 1.82) is 0 Å². The smallest absolute Gasteiger partial charge is 0.306 e. The van der Waals surface area contributed by atoms with E-state index in [1.54, 1.807) is 0 Å². The van der Waals surface area contributed by atoms with E-state index in [-0.39, 0.29) is 44.0 Å². The number of allylic oxidation sites excluding steroid dienone is 20. The molecule has 0 N–H and O–H groups in total. The molecule has 0 radical (unpaired) electrons. The highest BCUT2D eigenvalue weighted by Crippen LogP contribution is 2.13. The van der Waals surface area contributed by atoms with E-state index >= 15 is 0 Å². The molecule has 0 fully saturated rings. The Balaban J connectivity index is 4.55. The molecule has 0 aromatic carbocycles. The molecule has 0 saturated carbocycles. The maximum atomic E-state index is 12.8. The minimum Gasteiger partial charge on any atom is -0.462 e. The van der Waals surface area contributed by atoms with Crippen molar-refractivity contribution in [2.75, 3.05) is 13.2 Å². The van der Waals surface area contributed by atoms with Gasteiger partial charge in [-0.25, -0.2) is 0 Å². The molecule has 67 heavy (non-hydrogen) atoms. The summed E-state index contributed by atoms with van der Waals surface area (Å²) in [7, 11) is 0. The fourth-order valence-electron chi connectivity index (χ4n) is 6.99. The van der Waals surface area contributed by atoms with Crippen LogP contribution in [0.25, 0.3) is 0 Å². The van der Waals surface area contributed by atoms with Gasteiger partial charge in [0.15, 0.2) is 6.10 Å². The fraction of sp³-hybridized carbons (Fsp3) is 0.623. The summed E-state index contributed by atoms with van der Waals surface area (Å²) in [5, 5.41) is 0. The van der Waals surface area contributed by atoms with Crippen LogP contribution in [0.2, 0.25) is 0 Å². The molecule has 378 valence electrons. The lowest BCUT2D eigenvalue weighted by Gasteiger charge is -2.18. The van der Waals surface area contributed by atoms with Gasteiger partial charge in [-0.2, -0.15) is 0 Å². The molecule has 0 saturated heterocycles. The molecule has 0 bridgehead atoms. The summed E-state index contributed by atoms with van der Waals surface area (Å²) in [4.78, 5) is 38.0. The summed E-state index contributed by atoms with van der Waals surface area (Å²) in [6, 6.07) is 0. The summed E-state index contributed by atoms with van der Waals surface area (Å²) < 4.78 is 16.7. The van der Waals surface area contributed by atoms with E-state index in [0.717, 1.165) is 57.8 Å². The lowest BCUT2D eigenvalue weighted by atomic mass is 10.1. The highest BCUT2D eigenvalue weighted by atomic mass is 16.6. The second kappa shape index (κ2) is 54.4. The molecule has 0 aliphatic heterocycles. The molecule has 0 aromatic rings. The third-order valence-corrected chi connectivity index (χ3v) is 11.0. The average molecular weight is 927 g/mol. The third kappa shape index (κ3) is 52.6. The molecular formula is C61H98O6. The summed E-state index contributed by atoms with van der Waals surface area (Å²) in [6.07, 6.45) is 74.9. The van der Waals surface area contributed by atoms with Gasteiger partial charge >= 0.3 is 17.9 Å². The molecule has 1 unspecified atom stereocenters.